The monoisotopic (exact) mass is 393 g/mol. The quantitative estimate of drug-likeness (QED) is 0.557. The standard InChI is InChI=1S/C24H28FN3O/c1-2-3-4-13-28-14-12-20(16-28)26-24(29)22-15-18-6-5-7-21(23(18)27-22)17-8-10-19(25)11-9-17/h5-11,15,20,27H,2-4,12-14,16H2,1H3,(H,26,29)/t20-/m0/s1. The molecule has 0 saturated carbocycles. The maximum atomic E-state index is 13.3. The van der Waals surface area contributed by atoms with Crippen LogP contribution in [0, 0.1) is 5.82 Å². The number of likely N-dealkylation sites (tertiary alicyclic amines) is 1. The smallest absolute Gasteiger partial charge is 0.267 e. The van der Waals surface area contributed by atoms with Gasteiger partial charge in [0.25, 0.3) is 5.91 Å². The van der Waals surface area contributed by atoms with Crippen molar-refractivity contribution in [2.24, 2.45) is 0 Å². The summed E-state index contributed by atoms with van der Waals surface area (Å²) in [5.41, 5.74) is 3.35. The molecule has 29 heavy (non-hydrogen) atoms. The lowest BCUT2D eigenvalue weighted by molar-refractivity contribution is 0.0933. The second-order valence-electron chi connectivity index (χ2n) is 7.93. The van der Waals surface area contributed by atoms with Crippen LogP contribution in [0.2, 0.25) is 0 Å². The molecular weight excluding hydrogens is 365 g/mol. The molecule has 0 spiro atoms. The van der Waals surface area contributed by atoms with Gasteiger partial charge in [0.1, 0.15) is 11.5 Å². The van der Waals surface area contributed by atoms with Gasteiger partial charge in [-0.05, 0) is 43.1 Å². The summed E-state index contributed by atoms with van der Waals surface area (Å²) in [6.45, 7) is 5.31. The summed E-state index contributed by atoms with van der Waals surface area (Å²) in [6, 6.07) is 14.5. The van der Waals surface area contributed by atoms with Gasteiger partial charge < -0.3 is 15.2 Å². The normalized spacial score (nSPS) is 17.1. The number of nitrogens with zero attached hydrogens (tertiary/aromatic N) is 1. The number of para-hydroxylation sites is 1. The summed E-state index contributed by atoms with van der Waals surface area (Å²) in [4.78, 5) is 18.5. The molecule has 1 aliphatic heterocycles. The van der Waals surface area contributed by atoms with E-state index < -0.39 is 0 Å². The zero-order valence-electron chi connectivity index (χ0n) is 16.9. The minimum Gasteiger partial charge on any atom is -0.350 e. The predicted octanol–water partition coefficient (Wildman–Crippen LogP) is 4.97. The van der Waals surface area contributed by atoms with Crippen molar-refractivity contribution in [3.63, 3.8) is 0 Å². The molecule has 0 aliphatic carbocycles. The number of H-pyrrole nitrogens is 1. The highest BCUT2D eigenvalue weighted by atomic mass is 19.1. The van der Waals surface area contributed by atoms with Crippen LogP contribution in [-0.4, -0.2) is 41.5 Å². The number of fused-ring (bicyclic) bond motifs is 1. The van der Waals surface area contributed by atoms with Crippen LogP contribution < -0.4 is 5.32 Å². The summed E-state index contributed by atoms with van der Waals surface area (Å²) < 4.78 is 13.3. The second kappa shape index (κ2) is 8.78. The Morgan fingerprint density at radius 3 is 2.83 bits per heavy atom. The highest BCUT2D eigenvalue weighted by Crippen LogP contribution is 2.29. The van der Waals surface area contributed by atoms with Crippen molar-refractivity contribution in [3.05, 3.63) is 60.0 Å². The molecule has 0 unspecified atom stereocenters. The van der Waals surface area contributed by atoms with E-state index in [9.17, 15) is 9.18 Å². The number of hydrogen-bond donors (Lipinski definition) is 2. The second-order valence-corrected chi connectivity index (χ2v) is 7.93. The van der Waals surface area contributed by atoms with Crippen LogP contribution in [0.15, 0.2) is 48.5 Å². The molecule has 2 N–H and O–H groups in total. The Hall–Kier alpha value is -2.66. The molecule has 5 heteroatoms. The third-order valence-corrected chi connectivity index (χ3v) is 5.74. The fourth-order valence-electron chi connectivity index (χ4n) is 4.15. The van der Waals surface area contributed by atoms with E-state index >= 15 is 0 Å². The molecule has 2 heterocycles. The van der Waals surface area contributed by atoms with E-state index in [4.69, 9.17) is 0 Å². The van der Waals surface area contributed by atoms with Crippen LogP contribution in [0.3, 0.4) is 0 Å². The number of unbranched alkanes of at least 4 members (excludes halogenated alkanes) is 2. The lowest BCUT2D eigenvalue weighted by atomic mass is 10.0. The van der Waals surface area contributed by atoms with Gasteiger partial charge in [0.2, 0.25) is 0 Å². The Labute approximate surface area is 171 Å². The van der Waals surface area contributed by atoms with Crippen molar-refractivity contribution in [1.82, 2.24) is 15.2 Å². The Morgan fingerprint density at radius 1 is 1.21 bits per heavy atom. The molecule has 152 valence electrons. The minimum atomic E-state index is -0.257. The molecule has 0 bridgehead atoms. The summed E-state index contributed by atoms with van der Waals surface area (Å²) in [5, 5.41) is 4.16. The van der Waals surface area contributed by atoms with Crippen molar-refractivity contribution >= 4 is 16.8 Å². The molecule has 4 nitrogen and oxygen atoms in total. The fourth-order valence-corrected chi connectivity index (χ4v) is 4.15. The van der Waals surface area contributed by atoms with E-state index in [1.807, 2.05) is 24.3 Å². The summed E-state index contributed by atoms with van der Waals surface area (Å²) >= 11 is 0. The molecule has 1 fully saturated rings. The van der Waals surface area contributed by atoms with Gasteiger partial charge in [0.15, 0.2) is 0 Å². The van der Waals surface area contributed by atoms with Gasteiger partial charge in [-0.25, -0.2) is 4.39 Å². The number of halogens is 1. The molecule has 4 rings (SSSR count). The molecule has 1 amide bonds. The van der Waals surface area contributed by atoms with Crippen LogP contribution in [0.4, 0.5) is 4.39 Å². The lowest BCUT2D eigenvalue weighted by Crippen LogP contribution is -2.37. The van der Waals surface area contributed by atoms with E-state index in [-0.39, 0.29) is 17.8 Å². The average Bonchev–Trinajstić information content (AvgIpc) is 3.35. The van der Waals surface area contributed by atoms with Crippen LogP contribution in [0.25, 0.3) is 22.0 Å². The topological polar surface area (TPSA) is 48.1 Å². The van der Waals surface area contributed by atoms with E-state index in [0.717, 1.165) is 48.1 Å². The number of carbonyl (C=O) groups is 1. The Bertz CT molecular complexity index is 979. The third kappa shape index (κ3) is 4.51. The number of rotatable bonds is 7. The Morgan fingerprint density at radius 2 is 2.03 bits per heavy atom. The number of aromatic amines is 1. The number of hydrogen-bond acceptors (Lipinski definition) is 2. The summed E-state index contributed by atoms with van der Waals surface area (Å²) in [7, 11) is 0. The largest absolute Gasteiger partial charge is 0.350 e. The van der Waals surface area contributed by atoms with Crippen molar-refractivity contribution in [3.8, 4) is 11.1 Å². The van der Waals surface area contributed by atoms with Crippen molar-refractivity contribution in [2.45, 2.75) is 38.6 Å². The first-order chi connectivity index (χ1) is 14.1. The number of benzene rings is 2. The SMILES string of the molecule is CCCCCN1CC[C@H](NC(=O)c2cc3cccc(-c4ccc(F)cc4)c3[nH]2)C1. The maximum absolute atomic E-state index is 13.3. The molecule has 2 aromatic carbocycles. The van der Waals surface area contributed by atoms with Gasteiger partial charge in [-0.1, -0.05) is 50.1 Å². The van der Waals surface area contributed by atoms with Crippen LogP contribution >= 0.6 is 0 Å². The van der Waals surface area contributed by atoms with Gasteiger partial charge >= 0.3 is 0 Å². The first-order valence-electron chi connectivity index (χ1n) is 10.5. The van der Waals surface area contributed by atoms with Crippen molar-refractivity contribution in [2.75, 3.05) is 19.6 Å². The van der Waals surface area contributed by atoms with E-state index in [1.165, 1.54) is 31.4 Å². The molecule has 1 saturated heterocycles. The summed E-state index contributed by atoms with van der Waals surface area (Å²) in [5.74, 6) is -0.320. The van der Waals surface area contributed by atoms with Crippen LogP contribution in [-0.2, 0) is 0 Å². The maximum Gasteiger partial charge on any atom is 0.267 e. The number of carbonyl (C=O) groups excluding carboxylic acids is 1. The van der Waals surface area contributed by atoms with E-state index in [0.29, 0.717) is 5.69 Å². The first-order valence-corrected chi connectivity index (χ1v) is 10.5. The molecule has 1 atom stereocenters. The Balaban J connectivity index is 1.46. The molecule has 1 aromatic heterocycles. The fraction of sp³-hybridized carbons (Fsp3) is 0.375. The Kier molecular flexibility index (Phi) is 5.95. The van der Waals surface area contributed by atoms with Crippen molar-refractivity contribution in [1.29, 1.82) is 0 Å². The lowest BCUT2D eigenvalue weighted by Gasteiger charge is -2.16. The average molecular weight is 394 g/mol. The predicted molar refractivity (Wildman–Crippen MR) is 116 cm³/mol. The molecule has 1 aliphatic rings. The van der Waals surface area contributed by atoms with Gasteiger partial charge in [-0.2, -0.15) is 0 Å². The molecular formula is C24H28FN3O. The van der Waals surface area contributed by atoms with Crippen LogP contribution in [0.5, 0.6) is 0 Å². The number of aromatic nitrogens is 1. The number of amides is 1. The van der Waals surface area contributed by atoms with Gasteiger partial charge in [0, 0.05) is 30.1 Å². The van der Waals surface area contributed by atoms with Gasteiger partial charge in [-0.3, -0.25) is 4.79 Å². The van der Waals surface area contributed by atoms with Gasteiger partial charge in [-0.15, -0.1) is 0 Å². The summed E-state index contributed by atoms with van der Waals surface area (Å²) in [6.07, 6.45) is 4.72. The van der Waals surface area contributed by atoms with E-state index in [1.54, 1.807) is 12.1 Å². The van der Waals surface area contributed by atoms with E-state index in [2.05, 4.69) is 22.1 Å². The van der Waals surface area contributed by atoms with Crippen LogP contribution in [0.1, 0.15) is 43.1 Å². The zero-order chi connectivity index (χ0) is 20.2. The zero-order valence-corrected chi connectivity index (χ0v) is 16.9. The molecule has 3 aromatic rings. The number of nitrogens with one attached hydrogen (secondary N) is 2. The first kappa shape index (κ1) is 19.6. The molecule has 0 radical (unpaired) electrons. The third-order valence-electron chi connectivity index (χ3n) is 5.74. The highest BCUT2D eigenvalue weighted by molar-refractivity contribution is 6.02. The van der Waals surface area contributed by atoms with Gasteiger partial charge in [0.05, 0.1) is 5.52 Å². The van der Waals surface area contributed by atoms with Crippen molar-refractivity contribution < 1.29 is 9.18 Å². The highest BCUT2D eigenvalue weighted by Gasteiger charge is 2.24. The minimum absolute atomic E-state index is 0.0633.